The second-order valence-electron chi connectivity index (χ2n) is 4.99. The fourth-order valence-electron chi connectivity index (χ4n) is 2.04. The maximum Gasteiger partial charge on any atom is 0.413 e. The number of esters is 1. The largest absolute Gasteiger partial charge is 0.481 e. The molecule has 132 valence electrons. The molecule has 2 aromatic rings. The Kier molecular flexibility index (Phi) is 6.19. The zero-order valence-corrected chi connectivity index (χ0v) is 14.3. The third kappa shape index (κ3) is 4.84. The number of fused-ring (bicyclic) bond motifs is 1. The van der Waals surface area contributed by atoms with Crippen molar-refractivity contribution in [3.8, 4) is 5.75 Å². The maximum absolute atomic E-state index is 11.8. The first-order chi connectivity index (χ1) is 11.9. The van der Waals surface area contributed by atoms with Gasteiger partial charge in [-0.1, -0.05) is 35.9 Å². The van der Waals surface area contributed by atoms with Gasteiger partial charge in [0.2, 0.25) is 0 Å². The third-order valence-electron chi connectivity index (χ3n) is 3.26. The lowest BCUT2D eigenvalue weighted by Crippen LogP contribution is -2.40. The van der Waals surface area contributed by atoms with Crippen LogP contribution in [0.5, 0.6) is 5.75 Å². The molecule has 0 radical (unpaired) electrons. The molecule has 0 spiro atoms. The predicted molar refractivity (Wildman–Crippen MR) is 90.6 cm³/mol. The summed E-state index contributed by atoms with van der Waals surface area (Å²) in [5.41, 5.74) is 0. The summed E-state index contributed by atoms with van der Waals surface area (Å²) in [4.78, 5) is 34.4. The highest BCUT2D eigenvalue weighted by molar-refractivity contribution is 6.35. The minimum absolute atomic E-state index is 0.401. The monoisotopic (exact) mass is 365 g/mol. The summed E-state index contributed by atoms with van der Waals surface area (Å²) in [6, 6.07) is 10.6. The molecule has 2 rings (SSSR count). The Bertz CT molecular complexity index is 807. The number of ether oxygens (including phenoxy) is 3. The van der Waals surface area contributed by atoms with Gasteiger partial charge < -0.3 is 14.2 Å². The molecule has 2 amide bonds. The lowest BCUT2D eigenvalue weighted by Gasteiger charge is -2.13. The van der Waals surface area contributed by atoms with Crippen molar-refractivity contribution >= 4 is 40.3 Å². The smallest absolute Gasteiger partial charge is 0.413 e. The van der Waals surface area contributed by atoms with Crippen molar-refractivity contribution in [3.63, 3.8) is 0 Å². The first-order valence-corrected chi connectivity index (χ1v) is 7.68. The van der Waals surface area contributed by atoms with E-state index in [1.807, 2.05) is 29.6 Å². The number of rotatable bonds is 5. The normalized spacial score (nSPS) is 11.5. The number of amides is 2. The summed E-state index contributed by atoms with van der Waals surface area (Å²) in [5.74, 6) is -1.09. The molecule has 1 N–H and O–H groups in total. The quantitative estimate of drug-likeness (QED) is 0.819. The number of imide groups is 1. The second-order valence-corrected chi connectivity index (χ2v) is 5.40. The number of carbonyl (C=O) groups is 3. The highest BCUT2D eigenvalue weighted by Crippen LogP contribution is 2.31. The van der Waals surface area contributed by atoms with E-state index in [1.165, 1.54) is 6.92 Å². The van der Waals surface area contributed by atoms with Gasteiger partial charge in [0.05, 0.1) is 7.11 Å². The van der Waals surface area contributed by atoms with Gasteiger partial charge in [0.1, 0.15) is 5.75 Å². The van der Waals surface area contributed by atoms with Gasteiger partial charge >= 0.3 is 12.1 Å². The van der Waals surface area contributed by atoms with E-state index in [0.29, 0.717) is 10.8 Å². The summed E-state index contributed by atoms with van der Waals surface area (Å²) in [6.45, 7) is 0.926. The van der Waals surface area contributed by atoms with E-state index < -0.39 is 30.7 Å². The Balaban J connectivity index is 1.95. The molecule has 0 saturated heterocycles. The van der Waals surface area contributed by atoms with Crippen LogP contribution in [0.25, 0.3) is 10.8 Å². The number of nitrogens with one attached hydrogen (secondary N) is 1. The average Bonchev–Trinajstić information content (AvgIpc) is 2.61. The van der Waals surface area contributed by atoms with E-state index in [0.717, 1.165) is 17.9 Å². The van der Waals surface area contributed by atoms with Gasteiger partial charge in [0.15, 0.2) is 12.7 Å². The molecular formula is C17H16ClNO6. The Labute approximate surface area is 148 Å². The van der Waals surface area contributed by atoms with Crippen LogP contribution in [0.15, 0.2) is 36.4 Å². The molecule has 0 bridgehead atoms. The van der Waals surface area contributed by atoms with Crippen LogP contribution in [-0.2, 0) is 19.1 Å². The number of halogens is 1. The van der Waals surface area contributed by atoms with Crippen molar-refractivity contribution in [1.82, 2.24) is 5.32 Å². The number of hydrogen-bond donors (Lipinski definition) is 1. The summed E-state index contributed by atoms with van der Waals surface area (Å²) >= 11 is 6.12. The average molecular weight is 366 g/mol. The first kappa shape index (κ1) is 18.5. The van der Waals surface area contributed by atoms with E-state index in [9.17, 15) is 14.4 Å². The minimum atomic E-state index is -1.17. The Hall–Kier alpha value is -2.80. The van der Waals surface area contributed by atoms with E-state index in [2.05, 4.69) is 4.74 Å². The number of benzene rings is 2. The fourth-order valence-corrected chi connectivity index (χ4v) is 2.26. The lowest BCUT2D eigenvalue weighted by molar-refractivity contribution is -0.156. The van der Waals surface area contributed by atoms with Gasteiger partial charge in [0.25, 0.3) is 5.91 Å². The van der Waals surface area contributed by atoms with E-state index in [1.54, 1.807) is 12.1 Å². The fraction of sp³-hybridized carbons (Fsp3) is 0.235. The molecule has 0 aromatic heterocycles. The number of alkyl carbamates (subject to hydrolysis) is 1. The predicted octanol–water partition coefficient (Wildman–Crippen LogP) is 2.69. The molecule has 0 unspecified atom stereocenters. The minimum Gasteiger partial charge on any atom is -0.481 e. The van der Waals surface area contributed by atoms with Gasteiger partial charge in [-0.05, 0) is 19.1 Å². The SMILES string of the molecule is COC(=O)NC(=O)[C@H](C)OC(=O)COc1ccc(Cl)c2ccccc12. The van der Waals surface area contributed by atoms with Crippen LogP contribution in [0.4, 0.5) is 4.79 Å². The van der Waals surface area contributed by atoms with Crippen LogP contribution >= 0.6 is 11.6 Å². The molecule has 8 heteroatoms. The van der Waals surface area contributed by atoms with Crippen molar-refractivity contribution in [2.45, 2.75) is 13.0 Å². The topological polar surface area (TPSA) is 90.9 Å². The van der Waals surface area contributed by atoms with Crippen molar-refractivity contribution in [2.75, 3.05) is 13.7 Å². The molecule has 0 aliphatic rings. The Morgan fingerprint density at radius 1 is 1.12 bits per heavy atom. The summed E-state index contributed by atoms with van der Waals surface area (Å²) in [6.07, 6.45) is -2.10. The van der Waals surface area contributed by atoms with Crippen molar-refractivity contribution < 1.29 is 28.6 Å². The van der Waals surface area contributed by atoms with E-state index in [4.69, 9.17) is 21.1 Å². The van der Waals surface area contributed by atoms with Gasteiger partial charge in [-0.2, -0.15) is 0 Å². The lowest BCUT2D eigenvalue weighted by atomic mass is 10.1. The molecule has 0 fully saturated rings. The zero-order valence-electron chi connectivity index (χ0n) is 13.6. The Morgan fingerprint density at radius 3 is 2.48 bits per heavy atom. The molecule has 2 aromatic carbocycles. The van der Waals surface area contributed by atoms with Crippen molar-refractivity contribution in [1.29, 1.82) is 0 Å². The van der Waals surface area contributed by atoms with Gasteiger partial charge in [0, 0.05) is 15.8 Å². The van der Waals surface area contributed by atoms with Crippen LogP contribution in [0, 0.1) is 0 Å². The van der Waals surface area contributed by atoms with Gasteiger partial charge in [-0.3, -0.25) is 10.1 Å². The highest BCUT2D eigenvalue weighted by Gasteiger charge is 2.20. The molecule has 0 aliphatic heterocycles. The summed E-state index contributed by atoms with van der Waals surface area (Å²) in [7, 11) is 1.11. The molecule has 25 heavy (non-hydrogen) atoms. The third-order valence-corrected chi connectivity index (χ3v) is 3.59. The van der Waals surface area contributed by atoms with Crippen LogP contribution in [0.2, 0.25) is 5.02 Å². The number of carbonyl (C=O) groups excluding carboxylic acids is 3. The van der Waals surface area contributed by atoms with Crippen molar-refractivity contribution in [3.05, 3.63) is 41.4 Å². The molecule has 7 nitrogen and oxygen atoms in total. The van der Waals surface area contributed by atoms with Crippen LogP contribution in [0.1, 0.15) is 6.92 Å². The first-order valence-electron chi connectivity index (χ1n) is 7.30. The van der Waals surface area contributed by atoms with Gasteiger partial charge in [-0.15, -0.1) is 0 Å². The zero-order chi connectivity index (χ0) is 18.4. The van der Waals surface area contributed by atoms with Gasteiger partial charge in [-0.25, -0.2) is 9.59 Å². The van der Waals surface area contributed by atoms with E-state index >= 15 is 0 Å². The standard InChI is InChI=1S/C17H16ClNO6/c1-10(16(21)19-17(22)23-2)25-15(20)9-24-14-8-7-13(18)11-5-3-4-6-12(11)14/h3-8,10H,9H2,1-2H3,(H,19,21,22)/t10-/m0/s1. The molecule has 0 heterocycles. The summed E-state index contributed by atoms with van der Waals surface area (Å²) in [5, 5.41) is 4.02. The molecular weight excluding hydrogens is 350 g/mol. The Morgan fingerprint density at radius 2 is 1.80 bits per heavy atom. The van der Waals surface area contributed by atoms with Crippen LogP contribution in [0.3, 0.4) is 0 Å². The molecule has 0 aliphatic carbocycles. The van der Waals surface area contributed by atoms with Crippen LogP contribution in [-0.4, -0.2) is 37.8 Å². The number of hydrogen-bond acceptors (Lipinski definition) is 6. The molecule has 1 atom stereocenters. The highest BCUT2D eigenvalue weighted by atomic mass is 35.5. The molecule has 0 saturated carbocycles. The van der Waals surface area contributed by atoms with E-state index in [-0.39, 0.29) is 0 Å². The van der Waals surface area contributed by atoms with Crippen LogP contribution < -0.4 is 10.1 Å². The maximum atomic E-state index is 11.8. The number of methoxy groups -OCH3 is 1. The second kappa shape index (κ2) is 8.34. The summed E-state index contributed by atoms with van der Waals surface area (Å²) < 4.78 is 14.7. The van der Waals surface area contributed by atoms with Crippen molar-refractivity contribution in [2.24, 2.45) is 0 Å².